The Morgan fingerprint density at radius 2 is 2.04 bits per heavy atom. The number of para-hydroxylation sites is 1. The van der Waals surface area contributed by atoms with E-state index in [4.69, 9.17) is 9.47 Å². The number of carbonyl (C=O) groups excluding carboxylic acids is 1. The number of hydrogen-bond acceptors (Lipinski definition) is 6. The van der Waals surface area contributed by atoms with Crippen molar-refractivity contribution in [2.24, 2.45) is 5.92 Å². The van der Waals surface area contributed by atoms with Gasteiger partial charge in [0.05, 0.1) is 13.2 Å². The molecule has 3 atom stereocenters. The number of fused-ring (bicyclic) bond motifs is 3. The second-order valence-electron chi connectivity index (χ2n) is 5.43. The Kier molecular flexibility index (Phi) is 3.79. The molecule has 1 heterocycles. The summed E-state index contributed by atoms with van der Waals surface area (Å²) in [5.41, 5.74) is -7.48. The lowest BCUT2D eigenvalue weighted by Gasteiger charge is -2.18. The second-order valence-corrected chi connectivity index (χ2v) is 6.97. The van der Waals surface area contributed by atoms with Crippen LogP contribution in [0.2, 0.25) is 0 Å². The molecule has 1 aromatic rings. The summed E-state index contributed by atoms with van der Waals surface area (Å²) in [4.78, 5) is 12.3. The summed E-state index contributed by atoms with van der Waals surface area (Å²) in [6.07, 6.45) is 0. The summed E-state index contributed by atoms with van der Waals surface area (Å²) in [6, 6.07) is 6.40. The zero-order chi connectivity index (χ0) is 17.8. The predicted molar refractivity (Wildman–Crippen MR) is 73.6 cm³/mol. The maximum absolute atomic E-state index is 12.7. The van der Waals surface area contributed by atoms with Gasteiger partial charge in [-0.3, -0.25) is 0 Å². The summed E-state index contributed by atoms with van der Waals surface area (Å²) in [7, 11) is -5.97. The molecule has 0 spiro atoms. The van der Waals surface area contributed by atoms with Crippen molar-refractivity contribution in [1.82, 2.24) is 0 Å². The molecule has 0 saturated heterocycles. The quantitative estimate of drug-likeness (QED) is 0.461. The monoisotopic (exact) mass is 366 g/mol. The third-order valence-electron chi connectivity index (χ3n) is 4.10. The normalized spacial score (nSPS) is 28.3. The number of rotatable bonds is 4. The standard InChI is InChI=1S/C14H13F3O6S/c1-2-21-12(18)13(23-24(19,20)14(15,16)17)9-7-22-10-6-4-3-5-8(10)11(9)13/h3-6,9,11H,2,7H2,1H3/t9-,11+,13?/m0/s1. The van der Waals surface area contributed by atoms with Gasteiger partial charge in [0.25, 0.3) is 0 Å². The molecule has 0 bridgehead atoms. The van der Waals surface area contributed by atoms with Crippen LogP contribution in [0.4, 0.5) is 13.2 Å². The molecule has 0 amide bonds. The van der Waals surface area contributed by atoms with E-state index in [0.29, 0.717) is 11.3 Å². The van der Waals surface area contributed by atoms with Crippen LogP contribution in [0.1, 0.15) is 18.4 Å². The van der Waals surface area contributed by atoms with Crippen LogP contribution < -0.4 is 4.74 Å². The van der Waals surface area contributed by atoms with Crippen molar-refractivity contribution in [3.63, 3.8) is 0 Å². The summed E-state index contributed by atoms with van der Waals surface area (Å²) in [6.45, 7) is 1.19. The minimum atomic E-state index is -5.97. The topological polar surface area (TPSA) is 78.9 Å². The van der Waals surface area contributed by atoms with Crippen LogP contribution in [-0.2, 0) is 23.8 Å². The SMILES string of the molecule is CCOC(=O)C1(OS(=O)(=O)C(F)(F)F)[C@@H]2c3ccccc3OC[C@@H]21. The van der Waals surface area contributed by atoms with Crippen molar-refractivity contribution < 1.29 is 40.0 Å². The van der Waals surface area contributed by atoms with Crippen LogP contribution in [0.3, 0.4) is 0 Å². The lowest BCUT2D eigenvalue weighted by Crippen LogP contribution is -2.39. The zero-order valence-electron chi connectivity index (χ0n) is 12.4. The lowest BCUT2D eigenvalue weighted by atomic mass is 10.1. The van der Waals surface area contributed by atoms with Gasteiger partial charge in [0, 0.05) is 17.4 Å². The summed E-state index contributed by atoms with van der Waals surface area (Å²) in [5, 5.41) is 0. The van der Waals surface area contributed by atoms with Crippen molar-refractivity contribution in [3.8, 4) is 5.75 Å². The van der Waals surface area contributed by atoms with Crippen LogP contribution in [-0.4, -0.2) is 38.7 Å². The second kappa shape index (κ2) is 5.35. The Bertz CT molecular complexity index is 775. The Labute approximate surface area is 135 Å². The fourth-order valence-electron chi connectivity index (χ4n) is 3.05. The Morgan fingerprint density at radius 1 is 1.38 bits per heavy atom. The first kappa shape index (κ1) is 17.0. The van der Waals surface area contributed by atoms with E-state index in [1.165, 1.54) is 6.92 Å². The molecule has 24 heavy (non-hydrogen) atoms. The first-order valence-corrected chi connectivity index (χ1v) is 8.47. The van der Waals surface area contributed by atoms with Gasteiger partial charge in [-0.05, 0) is 13.0 Å². The number of esters is 1. The molecule has 6 nitrogen and oxygen atoms in total. The van der Waals surface area contributed by atoms with Crippen LogP contribution in [0.5, 0.6) is 5.75 Å². The lowest BCUT2D eigenvalue weighted by molar-refractivity contribution is -0.155. The van der Waals surface area contributed by atoms with E-state index in [1.807, 2.05) is 0 Å². The molecule has 2 aliphatic rings. The third-order valence-corrected chi connectivity index (χ3v) is 5.17. The number of hydrogen-bond donors (Lipinski definition) is 0. The van der Waals surface area contributed by atoms with E-state index in [0.717, 1.165) is 0 Å². The van der Waals surface area contributed by atoms with Crippen molar-refractivity contribution in [1.29, 1.82) is 0 Å². The van der Waals surface area contributed by atoms with Crippen LogP contribution >= 0.6 is 0 Å². The van der Waals surface area contributed by atoms with E-state index in [-0.39, 0.29) is 13.2 Å². The smallest absolute Gasteiger partial charge is 0.493 e. The summed E-state index contributed by atoms with van der Waals surface area (Å²) >= 11 is 0. The van der Waals surface area contributed by atoms with E-state index in [9.17, 15) is 26.4 Å². The van der Waals surface area contributed by atoms with E-state index in [1.54, 1.807) is 24.3 Å². The van der Waals surface area contributed by atoms with Crippen molar-refractivity contribution in [2.45, 2.75) is 24.0 Å². The fraction of sp³-hybridized carbons (Fsp3) is 0.500. The molecule has 0 aromatic heterocycles. The number of benzene rings is 1. The average Bonchev–Trinajstić information content (AvgIpc) is 3.15. The highest BCUT2D eigenvalue weighted by Crippen LogP contribution is 2.65. The van der Waals surface area contributed by atoms with Crippen molar-refractivity contribution >= 4 is 16.1 Å². The van der Waals surface area contributed by atoms with Gasteiger partial charge in [-0.1, -0.05) is 18.2 Å². The van der Waals surface area contributed by atoms with E-state index in [2.05, 4.69) is 4.18 Å². The molecule has 1 fully saturated rings. The van der Waals surface area contributed by atoms with Gasteiger partial charge in [-0.15, -0.1) is 0 Å². The number of ether oxygens (including phenoxy) is 2. The molecule has 0 N–H and O–H groups in total. The van der Waals surface area contributed by atoms with Gasteiger partial charge >= 0.3 is 21.6 Å². The van der Waals surface area contributed by atoms with Crippen LogP contribution in [0.15, 0.2) is 24.3 Å². The van der Waals surface area contributed by atoms with Crippen LogP contribution in [0.25, 0.3) is 0 Å². The molecule has 1 aliphatic carbocycles. The third kappa shape index (κ3) is 2.35. The van der Waals surface area contributed by atoms with Gasteiger partial charge in [-0.25, -0.2) is 8.98 Å². The molecular weight excluding hydrogens is 353 g/mol. The minimum absolute atomic E-state index is 0.127. The Morgan fingerprint density at radius 3 is 2.67 bits per heavy atom. The maximum Gasteiger partial charge on any atom is 0.523 e. The van der Waals surface area contributed by atoms with Gasteiger partial charge in [0.15, 0.2) is 5.60 Å². The van der Waals surface area contributed by atoms with Gasteiger partial charge in [0.1, 0.15) is 5.75 Å². The van der Waals surface area contributed by atoms with Crippen molar-refractivity contribution in [3.05, 3.63) is 29.8 Å². The highest BCUT2D eigenvalue weighted by Gasteiger charge is 2.78. The zero-order valence-corrected chi connectivity index (χ0v) is 13.2. The minimum Gasteiger partial charge on any atom is -0.493 e. The van der Waals surface area contributed by atoms with E-state index >= 15 is 0 Å². The number of alkyl halides is 3. The maximum atomic E-state index is 12.7. The molecule has 1 saturated carbocycles. The summed E-state index contributed by atoms with van der Waals surface area (Å²) < 4.78 is 75.7. The molecule has 10 heteroatoms. The van der Waals surface area contributed by atoms with Gasteiger partial charge < -0.3 is 9.47 Å². The van der Waals surface area contributed by atoms with Crippen molar-refractivity contribution in [2.75, 3.05) is 13.2 Å². The largest absolute Gasteiger partial charge is 0.523 e. The number of carbonyl (C=O) groups is 1. The van der Waals surface area contributed by atoms with Gasteiger partial charge in [-0.2, -0.15) is 21.6 Å². The highest BCUT2D eigenvalue weighted by atomic mass is 32.2. The highest BCUT2D eigenvalue weighted by molar-refractivity contribution is 7.87. The molecule has 1 aromatic carbocycles. The van der Waals surface area contributed by atoms with Gasteiger partial charge in [0.2, 0.25) is 0 Å². The first-order chi connectivity index (χ1) is 11.1. The van der Waals surface area contributed by atoms with E-state index < -0.39 is 39.0 Å². The first-order valence-electron chi connectivity index (χ1n) is 7.06. The Balaban J connectivity index is 2.04. The molecule has 132 valence electrons. The predicted octanol–water partition coefficient (Wildman–Crippen LogP) is 1.96. The fourth-order valence-corrected chi connectivity index (χ4v) is 3.80. The summed E-state index contributed by atoms with van der Waals surface area (Å²) in [5.74, 6) is -2.52. The molecule has 3 rings (SSSR count). The van der Waals surface area contributed by atoms with Crippen LogP contribution in [0, 0.1) is 5.92 Å². The Hall–Kier alpha value is -1.81. The molecular formula is C14H13F3O6S. The molecule has 1 unspecified atom stereocenters. The molecule has 1 aliphatic heterocycles. The average molecular weight is 366 g/mol. The molecule has 0 radical (unpaired) electrons. The number of halogens is 3.